The lowest BCUT2D eigenvalue weighted by atomic mass is 9.50. The van der Waals surface area contributed by atoms with Crippen molar-refractivity contribution in [2.45, 2.75) is 49.6 Å². The highest BCUT2D eigenvalue weighted by Gasteiger charge is 2.82. The Balaban J connectivity index is 1.52. The van der Waals surface area contributed by atoms with Gasteiger partial charge in [0.25, 0.3) is 0 Å². The summed E-state index contributed by atoms with van der Waals surface area (Å²) >= 11 is 0. The number of anilines is 1. The molecule has 136 valence electrons. The lowest BCUT2D eigenvalue weighted by Crippen LogP contribution is -2.67. The van der Waals surface area contributed by atoms with Crippen LogP contribution in [-0.4, -0.2) is 44.2 Å². The number of benzene rings is 1. The highest BCUT2D eigenvalue weighted by atomic mass is 16.5. The van der Waals surface area contributed by atoms with Crippen LogP contribution in [0.4, 0.5) is 5.69 Å². The summed E-state index contributed by atoms with van der Waals surface area (Å²) in [6.45, 7) is 2.43. The minimum atomic E-state index is 0.329. The number of fused-ring (bicyclic) bond motifs is 4. The van der Waals surface area contributed by atoms with Crippen LogP contribution in [0.15, 0.2) is 30.4 Å². The monoisotopic (exact) mass is 348 g/mol. The maximum absolute atomic E-state index is 5.60. The van der Waals surface area contributed by atoms with E-state index in [4.69, 9.17) is 4.74 Å². The second-order valence-corrected chi connectivity index (χ2v) is 9.89. The molecule has 3 spiro atoms. The van der Waals surface area contributed by atoms with E-state index in [1.807, 2.05) is 0 Å². The van der Waals surface area contributed by atoms with E-state index >= 15 is 0 Å². The highest BCUT2D eigenvalue weighted by Crippen LogP contribution is 2.83. The van der Waals surface area contributed by atoms with E-state index in [2.05, 4.69) is 47.2 Å². The molecule has 4 atom stereocenters. The molecule has 3 aliphatic carbocycles. The predicted octanol–water partition coefficient (Wildman–Crippen LogP) is 3.59. The van der Waals surface area contributed by atoms with Gasteiger partial charge in [0.05, 0.1) is 7.11 Å². The van der Waals surface area contributed by atoms with Crippen LogP contribution in [0.25, 0.3) is 0 Å². The van der Waals surface area contributed by atoms with Crippen LogP contribution in [0, 0.1) is 16.7 Å². The van der Waals surface area contributed by atoms with Crippen LogP contribution >= 0.6 is 0 Å². The number of methoxy groups -OCH3 is 1. The molecule has 1 aromatic rings. The quantitative estimate of drug-likeness (QED) is 0.722. The Kier molecular flexibility index (Phi) is 2.33. The molecular formula is C23H28N2O. The van der Waals surface area contributed by atoms with Gasteiger partial charge < -0.3 is 9.64 Å². The van der Waals surface area contributed by atoms with Gasteiger partial charge in [-0.3, -0.25) is 4.90 Å². The Labute approximate surface area is 156 Å². The van der Waals surface area contributed by atoms with Gasteiger partial charge in [0.1, 0.15) is 5.75 Å². The zero-order valence-corrected chi connectivity index (χ0v) is 15.9. The van der Waals surface area contributed by atoms with Crippen molar-refractivity contribution in [1.82, 2.24) is 4.90 Å². The number of ether oxygens (including phenoxy) is 1. The topological polar surface area (TPSA) is 15.7 Å². The Morgan fingerprint density at radius 3 is 2.62 bits per heavy atom. The van der Waals surface area contributed by atoms with Gasteiger partial charge in [-0.15, -0.1) is 0 Å². The molecule has 1 aromatic carbocycles. The summed E-state index contributed by atoms with van der Waals surface area (Å²) in [6.07, 6.45) is 12.3. The molecule has 0 bridgehead atoms. The first-order chi connectivity index (χ1) is 12.7. The van der Waals surface area contributed by atoms with Crippen molar-refractivity contribution in [3.63, 3.8) is 0 Å². The third kappa shape index (κ3) is 1.27. The molecule has 3 heterocycles. The maximum Gasteiger partial charge on any atom is 0.120 e. The van der Waals surface area contributed by atoms with E-state index in [-0.39, 0.29) is 0 Å². The normalized spacial score (nSPS) is 41.9. The molecule has 7 rings (SSSR count). The molecule has 1 saturated heterocycles. The maximum atomic E-state index is 5.60. The van der Waals surface area contributed by atoms with E-state index < -0.39 is 0 Å². The third-order valence-electron chi connectivity index (χ3n) is 9.45. The highest BCUT2D eigenvalue weighted by molar-refractivity contribution is 5.70. The number of hydrogen-bond donors (Lipinski definition) is 0. The molecule has 6 aliphatic rings. The molecule has 0 amide bonds. The molecule has 3 nitrogen and oxygen atoms in total. The number of hydrogen-bond acceptors (Lipinski definition) is 3. The lowest BCUT2D eigenvalue weighted by molar-refractivity contribution is -0.00834. The summed E-state index contributed by atoms with van der Waals surface area (Å²) in [5.74, 6) is 1.78. The van der Waals surface area contributed by atoms with Crippen LogP contribution < -0.4 is 9.64 Å². The van der Waals surface area contributed by atoms with Gasteiger partial charge in [-0.25, -0.2) is 0 Å². The number of rotatable bonds is 1. The van der Waals surface area contributed by atoms with Crippen LogP contribution in [0.3, 0.4) is 0 Å². The average Bonchev–Trinajstić information content (AvgIpc) is 3.57. The fraction of sp³-hybridized carbons (Fsp3) is 0.652. The van der Waals surface area contributed by atoms with Crippen LogP contribution in [0.1, 0.15) is 37.7 Å². The van der Waals surface area contributed by atoms with E-state index in [0.29, 0.717) is 28.3 Å². The van der Waals surface area contributed by atoms with Gasteiger partial charge >= 0.3 is 0 Å². The molecule has 26 heavy (non-hydrogen) atoms. The molecule has 3 heteroatoms. The molecular weight excluding hydrogens is 320 g/mol. The summed E-state index contributed by atoms with van der Waals surface area (Å²) in [4.78, 5) is 5.53. The van der Waals surface area contributed by atoms with Crippen molar-refractivity contribution >= 4 is 5.69 Å². The Morgan fingerprint density at radius 2 is 1.88 bits per heavy atom. The smallest absolute Gasteiger partial charge is 0.120 e. The van der Waals surface area contributed by atoms with Crippen LogP contribution in [0.2, 0.25) is 0 Å². The molecule has 3 aliphatic heterocycles. The minimum Gasteiger partial charge on any atom is -0.497 e. The number of likely N-dealkylation sites (N-methyl/N-ethyl adjacent to an activating group) is 1. The van der Waals surface area contributed by atoms with E-state index in [1.165, 1.54) is 44.3 Å². The lowest BCUT2D eigenvalue weighted by Gasteiger charge is -2.59. The zero-order chi connectivity index (χ0) is 17.3. The summed E-state index contributed by atoms with van der Waals surface area (Å²) in [5, 5.41) is 0. The fourth-order valence-corrected chi connectivity index (χ4v) is 8.52. The first-order valence-electron chi connectivity index (χ1n) is 10.5. The summed E-state index contributed by atoms with van der Waals surface area (Å²) in [6, 6.07) is 8.35. The Morgan fingerprint density at radius 1 is 1.08 bits per heavy atom. The summed E-state index contributed by atoms with van der Waals surface area (Å²) < 4.78 is 5.60. The van der Waals surface area contributed by atoms with E-state index in [1.54, 1.807) is 12.7 Å². The van der Waals surface area contributed by atoms with Crippen molar-refractivity contribution in [1.29, 1.82) is 0 Å². The Hall–Kier alpha value is -1.48. The first kappa shape index (κ1) is 14.6. The third-order valence-corrected chi connectivity index (χ3v) is 9.45. The second kappa shape index (κ2) is 4.16. The van der Waals surface area contributed by atoms with Gasteiger partial charge in [-0.1, -0.05) is 18.2 Å². The van der Waals surface area contributed by atoms with Crippen molar-refractivity contribution in [2.75, 3.05) is 32.1 Å². The fourth-order valence-electron chi connectivity index (χ4n) is 8.52. The van der Waals surface area contributed by atoms with Gasteiger partial charge in [0.15, 0.2) is 0 Å². The van der Waals surface area contributed by atoms with Crippen LogP contribution in [-0.2, 0) is 5.41 Å². The zero-order valence-electron chi connectivity index (χ0n) is 15.9. The first-order valence-corrected chi connectivity index (χ1v) is 10.5. The molecule has 0 N–H and O–H groups in total. The van der Waals surface area contributed by atoms with Crippen molar-refractivity contribution in [3.05, 3.63) is 35.9 Å². The second-order valence-electron chi connectivity index (χ2n) is 9.89. The average molecular weight is 348 g/mol. The van der Waals surface area contributed by atoms with Crippen molar-refractivity contribution in [3.8, 4) is 5.75 Å². The Bertz CT molecular complexity index is 852. The van der Waals surface area contributed by atoms with E-state index in [0.717, 1.165) is 18.2 Å². The minimum absolute atomic E-state index is 0.329. The van der Waals surface area contributed by atoms with Gasteiger partial charge in [-0.2, -0.15) is 0 Å². The predicted molar refractivity (Wildman–Crippen MR) is 103 cm³/mol. The summed E-state index contributed by atoms with van der Waals surface area (Å²) in [5.41, 5.74) is 4.57. The number of nitrogens with zero attached hydrogens (tertiary/aromatic N) is 2. The molecule has 3 saturated carbocycles. The van der Waals surface area contributed by atoms with Gasteiger partial charge in [-0.05, 0) is 67.0 Å². The SMILES string of the molecule is COc1ccc2c(c1)N(C)C1C23CCN2CC=CC(C23)C2(CC2)C12CC2. The van der Waals surface area contributed by atoms with Crippen molar-refractivity contribution < 1.29 is 4.74 Å². The van der Waals surface area contributed by atoms with Crippen LogP contribution in [0.5, 0.6) is 5.75 Å². The standard InChI is InChI=1S/C23H28N2O/c1-24-18-14-15(26-2)5-6-16(18)23-11-13-25-12-3-4-17(19(23)25)21(7-8-21)22(9-10-22)20(23)24/h3-6,14,17,19-20H,7-13H2,1-2H3. The molecule has 4 fully saturated rings. The summed E-state index contributed by atoms with van der Waals surface area (Å²) in [7, 11) is 4.18. The van der Waals surface area contributed by atoms with Gasteiger partial charge in [0, 0.05) is 42.8 Å². The van der Waals surface area contributed by atoms with E-state index in [9.17, 15) is 0 Å². The van der Waals surface area contributed by atoms with Crippen molar-refractivity contribution in [2.24, 2.45) is 16.7 Å². The molecule has 0 radical (unpaired) electrons. The molecule has 4 unspecified atom stereocenters. The molecule has 0 aromatic heterocycles. The largest absolute Gasteiger partial charge is 0.497 e. The van der Waals surface area contributed by atoms with Gasteiger partial charge in [0.2, 0.25) is 0 Å².